The molecule has 1 atom stereocenters. The van der Waals surface area contributed by atoms with Gasteiger partial charge in [-0.25, -0.2) is 13.6 Å². The van der Waals surface area contributed by atoms with Crippen LogP contribution in [0.5, 0.6) is 0 Å². The van der Waals surface area contributed by atoms with Crippen LogP contribution in [0, 0.1) is 0 Å². The minimum atomic E-state index is -3.57. The Balaban J connectivity index is 2.63. The lowest BCUT2D eigenvalue weighted by atomic mass is 10.2. The number of aliphatic hydroxyl groups is 2. The molecule has 1 aliphatic rings. The average molecular weight is 195 g/mol. The number of nitrogens with two attached hydrogens (primary N) is 1. The Hall–Kier alpha value is -0.170. The van der Waals surface area contributed by atoms with E-state index in [2.05, 4.69) is 0 Å². The number of hydrogen-bond donors (Lipinski definition) is 3. The molecule has 5 nitrogen and oxygen atoms in total. The molecule has 6 heteroatoms. The standard InChI is InChI=1S/C6H13NO4S/c7-12(10,11)6(1-2-6)3-5(9)4-8/h5,8-9H,1-4H2,(H2,7,10,11)/t5-/m0/s1. The van der Waals surface area contributed by atoms with Crippen LogP contribution in [-0.4, -0.2) is 36.1 Å². The lowest BCUT2D eigenvalue weighted by Gasteiger charge is -2.15. The molecule has 1 fully saturated rings. The summed E-state index contributed by atoms with van der Waals surface area (Å²) in [7, 11) is -3.57. The van der Waals surface area contributed by atoms with E-state index in [0.29, 0.717) is 12.8 Å². The van der Waals surface area contributed by atoms with Crippen molar-refractivity contribution in [1.29, 1.82) is 0 Å². The molecule has 0 saturated heterocycles. The molecular formula is C6H13NO4S. The van der Waals surface area contributed by atoms with Gasteiger partial charge in [0.05, 0.1) is 17.5 Å². The summed E-state index contributed by atoms with van der Waals surface area (Å²) in [5, 5.41) is 22.5. The Bertz CT molecular complexity index is 257. The van der Waals surface area contributed by atoms with Crippen molar-refractivity contribution in [3.05, 3.63) is 0 Å². The summed E-state index contributed by atoms with van der Waals surface area (Å²) in [5.41, 5.74) is 0. The smallest absolute Gasteiger partial charge is 0.214 e. The first-order valence-electron chi connectivity index (χ1n) is 3.72. The van der Waals surface area contributed by atoms with Gasteiger partial charge in [0, 0.05) is 0 Å². The van der Waals surface area contributed by atoms with Crippen LogP contribution in [0.15, 0.2) is 0 Å². The summed E-state index contributed by atoms with van der Waals surface area (Å²) in [6, 6.07) is 0. The molecule has 12 heavy (non-hydrogen) atoms. The molecule has 0 unspecified atom stereocenters. The van der Waals surface area contributed by atoms with Gasteiger partial charge in [0.25, 0.3) is 0 Å². The largest absolute Gasteiger partial charge is 0.394 e. The third-order valence-electron chi connectivity index (χ3n) is 2.23. The van der Waals surface area contributed by atoms with E-state index in [1.54, 1.807) is 0 Å². The zero-order valence-electron chi connectivity index (χ0n) is 6.60. The number of primary sulfonamides is 1. The van der Waals surface area contributed by atoms with Gasteiger partial charge < -0.3 is 10.2 Å². The Labute approximate surface area is 71.2 Å². The molecule has 0 spiro atoms. The van der Waals surface area contributed by atoms with Crippen molar-refractivity contribution in [3.63, 3.8) is 0 Å². The van der Waals surface area contributed by atoms with E-state index in [0.717, 1.165) is 0 Å². The highest BCUT2D eigenvalue weighted by Gasteiger charge is 2.53. The molecule has 0 aromatic heterocycles. The number of rotatable bonds is 4. The maximum atomic E-state index is 11.0. The van der Waals surface area contributed by atoms with Crippen LogP contribution < -0.4 is 5.14 Å². The molecule has 0 radical (unpaired) electrons. The molecule has 0 aromatic rings. The van der Waals surface area contributed by atoms with Crippen molar-refractivity contribution in [3.8, 4) is 0 Å². The van der Waals surface area contributed by atoms with Crippen molar-refractivity contribution in [2.75, 3.05) is 6.61 Å². The SMILES string of the molecule is NS(=O)(=O)C1(C[C@H](O)CO)CC1. The summed E-state index contributed by atoms with van der Waals surface area (Å²) >= 11 is 0. The fourth-order valence-electron chi connectivity index (χ4n) is 1.24. The lowest BCUT2D eigenvalue weighted by Crippen LogP contribution is -2.34. The monoisotopic (exact) mass is 195 g/mol. The summed E-state index contributed by atoms with van der Waals surface area (Å²) < 4.78 is 21.0. The van der Waals surface area contributed by atoms with E-state index >= 15 is 0 Å². The average Bonchev–Trinajstić information content (AvgIpc) is 2.67. The van der Waals surface area contributed by atoms with Crippen molar-refractivity contribution in [1.82, 2.24) is 0 Å². The maximum absolute atomic E-state index is 11.0. The van der Waals surface area contributed by atoms with E-state index in [4.69, 9.17) is 15.4 Å². The van der Waals surface area contributed by atoms with Gasteiger partial charge in [-0.15, -0.1) is 0 Å². The molecule has 1 saturated carbocycles. The number of hydrogen-bond acceptors (Lipinski definition) is 4. The van der Waals surface area contributed by atoms with E-state index < -0.39 is 27.5 Å². The second-order valence-electron chi connectivity index (χ2n) is 3.27. The molecule has 72 valence electrons. The second-order valence-corrected chi connectivity index (χ2v) is 5.22. The topological polar surface area (TPSA) is 101 Å². The van der Waals surface area contributed by atoms with E-state index in [-0.39, 0.29) is 6.42 Å². The summed E-state index contributed by atoms with van der Waals surface area (Å²) in [5.74, 6) is 0. The minimum Gasteiger partial charge on any atom is -0.394 e. The molecule has 0 aliphatic heterocycles. The maximum Gasteiger partial charge on any atom is 0.214 e. The highest BCUT2D eigenvalue weighted by atomic mass is 32.2. The fourth-order valence-corrected chi connectivity index (χ4v) is 2.33. The van der Waals surface area contributed by atoms with Crippen LogP contribution in [0.4, 0.5) is 0 Å². The van der Waals surface area contributed by atoms with Crippen molar-refractivity contribution < 1.29 is 18.6 Å². The van der Waals surface area contributed by atoms with E-state index in [1.807, 2.05) is 0 Å². The summed E-state index contributed by atoms with van der Waals surface area (Å²) in [6.45, 7) is -0.419. The minimum absolute atomic E-state index is 0.0440. The van der Waals surface area contributed by atoms with Gasteiger partial charge in [0.2, 0.25) is 10.0 Å². The Morgan fingerprint density at radius 2 is 2.00 bits per heavy atom. The molecule has 0 amide bonds. The van der Waals surface area contributed by atoms with Gasteiger partial charge >= 0.3 is 0 Å². The van der Waals surface area contributed by atoms with Crippen molar-refractivity contribution in [2.24, 2.45) is 5.14 Å². The first-order chi connectivity index (χ1) is 5.41. The normalized spacial score (nSPS) is 23.6. The predicted molar refractivity (Wildman–Crippen MR) is 42.8 cm³/mol. The van der Waals surface area contributed by atoms with Crippen molar-refractivity contribution >= 4 is 10.0 Å². The Kier molecular flexibility index (Phi) is 2.44. The molecule has 0 aromatic carbocycles. The summed E-state index contributed by atoms with van der Waals surface area (Å²) in [4.78, 5) is 0. The van der Waals surface area contributed by atoms with Crippen LogP contribution >= 0.6 is 0 Å². The fraction of sp³-hybridized carbons (Fsp3) is 1.00. The predicted octanol–water partition coefficient (Wildman–Crippen LogP) is -1.45. The van der Waals surface area contributed by atoms with Gasteiger partial charge in [-0.1, -0.05) is 0 Å². The zero-order chi connectivity index (χ0) is 9.41. The first-order valence-corrected chi connectivity index (χ1v) is 5.27. The Morgan fingerprint density at radius 1 is 1.50 bits per heavy atom. The number of aliphatic hydroxyl groups excluding tert-OH is 2. The lowest BCUT2D eigenvalue weighted by molar-refractivity contribution is 0.0858. The molecule has 1 rings (SSSR count). The molecular weight excluding hydrogens is 182 g/mol. The number of sulfonamides is 1. The third kappa shape index (κ3) is 1.77. The highest BCUT2D eigenvalue weighted by Crippen LogP contribution is 2.45. The molecule has 0 bridgehead atoms. The summed E-state index contributed by atoms with van der Waals surface area (Å²) in [6.07, 6.45) is 0.0412. The first kappa shape index (κ1) is 9.91. The molecule has 0 heterocycles. The quantitative estimate of drug-likeness (QED) is 0.511. The van der Waals surface area contributed by atoms with Crippen LogP contribution in [0.1, 0.15) is 19.3 Å². The van der Waals surface area contributed by atoms with Gasteiger partial charge in [-0.2, -0.15) is 0 Å². The third-order valence-corrected chi connectivity index (χ3v) is 4.01. The van der Waals surface area contributed by atoms with Crippen LogP contribution in [0.3, 0.4) is 0 Å². The van der Waals surface area contributed by atoms with Crippen LogP contribution in [-0.2, 0) is 10.0 Å². The Morgan fingerprint density at radius 3 is 2.25 bits per heavy atom. The van der Waals surface area contributed by atoms with Gasteiger partial charge in [0.15, 0.2) is 0 Å². The second kappa shape index (κ2) is 2.95. The van der Waals surface area contributed by atoms with E-state index in [9.17, 15) is 8.42 Å². The molecule has 1 aliphatic carbocycles. The van der Waals surface area contributed by atoms with Gasteiger partial charge in [-0.3, -0.25) is 0 Å². The van der Waals surface area contributed by atoms with Crippen LogP contribution in [0.2, 0.25) is 0 Å². The van der Waals surface area contributed by atoms with Gasteiger partial charge in [-0.05, 0) is 19.3 Å². The van der Waals surface area contributed by atoms with Gasteiger partial charge in [0.1, 0.15) is 0 Å². The van der Waals surface area contributed by atoms with E-state index in [1.165, 1.54) is 0 Å². The highest BCUT2D eigenvalue weighted by molar-refractivity contribution is 7.90. The molecule has 4 N–H and O–H groups in total. The van der Waals surface area contributed by atoms with Crippen molar-refractivity contribution in [2.45, 2.75) is 30.1 Å². The van der Waals surface area contributed by atoms with Crippen LogP contribution in [0.25, 0.3) is 0 Å². The zero-order valence-corrected chi connectivity index (χ0v) is 7.42.